The van der Waals surface area contributed by atoms with E-state index >= 15 is 0 Å². The number of thiophene rings is 1. The van der Waals surface area contributed by atoms with Crippen molar-refractivity contribution in [2.24, 2.45) is 5.92 Å². The van der Waals surface area contributed by atoms with E-state index in [1.165, 1.54) is 25.1 Å². The smallest absolute Gasteiger partial charge is 0.330 e. The van der Waals surface area contributed by atoms with Gasteiger partial charge in [0.25, 0.3) is 15.6 Å². The van der Waals surface area contributed by atoms with Crippen LogP contribution in [0, 0.1) is 12.8 Å². The predicted octanol–water partition coefficient (Wildman–Crippen LogP) is 1.74. The van der Waals surface area contributed by atoms with Gasteiger partial charge in [-0.1, -0.05) is 13.3 Å². The van der Waals surface area contributed by atoms with E-state index in [2.05, 4.69) is 4.98 Å². The molecule has 3 N–H and O–H groups in total. The van der Waals surface area contributed by atoms with Crippen LogP contribution >= 0.6 is 11.3 Å². The fourth-order valence-electron chi connectivity index (χ4n) is 4.06. The molecule has 0 spiro atoms. The minimum absolute atomic E-state index is 0.0297. The van der Waals surface area contributed by atoms with Gasteiger partial charge in [0.05, 0.1) is 5.92 Å². The minimum Gasteiger partial charge on any atom is -0.383 e. The van der Waals surface area contributed by atoms with Gasteiger partial charge in [0.2, 0.25) is 5.91 Å². The Kier molecular flexibility index (Phi) is 7.80. The number of unbranched alkanes of at least 4 members (excludes halogenated alkanes) is 1. The summed E-state index contributed by atoms with van der Waals surface area (Å²) in [6.07, 6.45) is 2.54. The lowest BCUT2D eigenvalue weighted by Crippen LogP contribution is -2.48. The summed E-state index contributed by atoms with van der Waals surface area (Å²) in [5.74, 6) is -1.05. The molecule has 1 fully saturated rings. The number of aromatic nitrogens is 2. The molecular formula is C21H31N5O5S2. The second-order valence-electron chi connectivity index (χ2n) is 8.15. The van der Waals surface area contributed by atoms with Gasteiger partial charge in [0.15, 0.2) is 5.69 Å². The maximum absolute atomic E-state index is 13.5. The van der Waals surface area contributed by atoms with Crippen molar-refractivity contribution < 1.29 is 13.2 Å². The summed E-state index contributed by atoms with van der Waals surface area (Å²) in [6.45, 7) is 6.37. The third-order valence-electron chi connectivity index (χ3n) is 5.84. The summed E-state index contributed by atoms with van der Waals surface area (Å²) >= 11 is 1.20. The van der Waals surface area contributed by atoms with Gasteiger partial charge in [-0.25, -0.2) is 13.2 Å². The van der Waals surface area contributed by atoms with E-state index in [-0.39, 0.29) is 34.7 Å². The molecule has 12 heteroatoms. The highest BCUT2D eigenvalue weighted by atomic mass is 32.2. The Bertz CT molecular complexity index is 1230. The molecule has 3 rings (SSSR count). The summed E-state index contributed by atoms with van der Waals surface area (Å²) < 4.78 is 29.0. The summed E-state index contributed by atoms with van der Waals surface area (Å²) in [5.41, 5.74) is 4.79. The van der Waals surface area contributed by atoms with Gasteiger partial charge >= 0.3 is 5.69 Å². The van der Waals surface area contributed by atoms with Crippen molar-refractivity contribution in [1.82, 2.24) is 13.9 Å². The molecule has 0 radical (unpaired) electrons. The highest BCUT2D eigenvalue weighted by Gasteiger charge is 2.37. The average molecular weight is 498 g/mol. The Hall–Kier alpha value is -2.44. The van der Waals surface area contributed by atoms with E-state index in [1.54, 1.807) is 19.1 Å². The number of nitrogen functional groups attached to an aromatic ring is 1. The van der Waals surface area contributed by atoms with Gasteiger partial charge in [-0.2, -0.15) is 4.31 Å². The second kappa shape index (κ2) is 10.2. The zero-order valence-corrected chi connectivity index (χ0v) is 20.8. The molecule has 182 valence electrons. The molecule has 3 heterocycles. The quantitative estimate of drug-likeness (QED) is 0.570. The van der Waals surface area contributed by atoms with Crippen LogP contribution in [0.4, 0.5) is 11.5 Å². The fraction of sp³-hybridized carbons (Fsp3) is 0.571. The molecule has 1 atom stereocenters. The molecule has 0 aliphatic carbocycles. The summed E-state index contributed by atoms with van der Waals surface area (Å²) in [4.78, 5) is 42.8. The molecule has 2 aromatic rings. The van der Waals surface area contributed by atoms with E-state index in [9.17, 15) is 22.8 Å². The molecule has 0 saturated carbocycles. The van der Waals surface area contributed by atoms with Crippen LogP contribution in [-0.4, -0.2) is 47.8 Å². The Labute approximate surface area is 197 Å². The number of sulfonamides is 1. The first kappa shape index (κ1) is 25.2. The van der Waals surface area contributed by atoms with Crippen molar-refractivity contribution in [3.8, 4) is 0 Å². The van der Waals surface area contributed by atoms with Crippen molar-refractivity contribution in [2.75, 3.05) is 30.3 Å². The number of aromatic amines is 1. The number of carbonyl (C=O) groups excluding carboxylic acids is 1. The Morgan fingerprint density at radius 1 is 1.30 bits per heavy atom. The molecule has 33 heavy (non-hydrogen) atoms. The van der Waals surface area contributed by atoms with Crippen LogP contribution in [0.5, 0.6) is 0 Å². The van der Waals surface area contributed by atoms with Gasteiger partial charge < -0.3 is 10.6 Å². The van der Waals surface area contributed by atoms with Crippen molar-refractivity contribution >= 4 is 38.8 Å². The van der Waals surface area contributed by atoms with Crippen molar-refractivity contribution in [1.29, 1.82) is 0 Å². The summed E-state index contributed by atoms with van der Waals surface area (Å²) in [7, 11) is -3.70. The van der Waals surface area contributed by atoms with Crippen LogP contribution in [0.3, 0.4) is 0 Å². The van der Waals surface area contributed by atoms with Gasteiger partial charge in [-0.15, -0.1) is 11.3 Å². The number of nitrogens with one attached hydrogen (secondary N) is 1. The summed E-state index contributed by atoms with van der Waals surface area (Å²) in [5, 5.41) is 0. The van der Waals surface area contributed by atoms with Crippen LogP contribution < -0.4 is 21.9 Å². The van der Waals surface area contributed by atoms with Gasteiger partial charge in [-0.05, 0) is 45.2 Å². The highest BCUT2D eigenvalue weighted by Crippen LogP contribution is 2.30. The summed E-state index contributed by atoms with van der Waals surface area (Å²) in [6, 6.07) is 3.34. The molecule has 1 aliphatic heterocycles. The number of nitrogens with zero attached hydrogens (tertiary/aromatic N) is 3. The lowest BCUT2D eigenvalue weighted by atomic mass is 9.98. The third kappa shape index (κ3) is 5.07. The van der Waals surface area contributed by atoms with Crippen molar-refractivity contribution in [2.45, 2.75) is 57.2 Å². The number of amides is 1. The van der Waals surface area contributed by atoms with E-state index < -0.39 is 27.2 Å². The first-order chi connectivity index (χ1) is 15.6. The average Bonchev–Trinajstić information content (AvgIpc) is 3.23. The maximum Gasteiger partial charge on any atom is 0.330 e. The van der Waals surface area contributed by atoms with Gasteiger partial charge in [0, 0.05) is 31.1 Å². The molecule has 10 nitrogen and oxygen atoms in total. The predicted molar refractivity (Wildman–Crippen MR) is 129 cm³/mol. The Morgan fingerprint density at radius 3 is 2.64 bits per heavy atom. The monoisotopic (exact) mass is 497 g/mol. The van der Waals surface area contributed by atoms with Crippen molar-refractivity contribution in [3.05, 3.63) is 37.8 Å². The molecule has 1 unspecified atom stereocenters. The number of piperidine rings is 1. The molecule has 0 bridgehead atoms. The SMILES string of the molecule is CCCCn1c(N)c(N(CC)C(=O)C2CCCN(S(=O)(=O)c3ccc(C)s3)C2)c(=O)[nH]c1=O. The van der Waals surface area contributed by atoms with E-state index in [0.29, 0.717) is 32.4 Å². The van der Waals surface area contributed by atoms with Crippen molar-refractivity contribution in [3.63, 3.8) is 0 Å². The Morgan fingerprint density at radius 2 is 2.03 bits per heavy atom. The van der Waals surface area contributed by atoms with Crippen LogP contribution in [0.25, 0.3) is 0 Å². The van der Waals surface area contributed by atoms with E-state index in [1.807, 2.05) is 13.8 Å². The number of carbonyl (C=O) groups is 1. The molecule has 1 amide bonds. The number of nitrogens with two attached hydrogens (primary N) is 1. The third-order valence-corrected chi connectivity index (χ3v) is 9.18. The number of aryl methyl sites for hydroxylation is 1. The van der Waals surface area contributed by atoms with Crippen LogP contribution in [-0.2, 0) is 21.4 Å². The normalized spacial score (nSPS) is 17.2. The zero-order chi connectivity index (χ0) is 24.3. The number of anilines is 2. The topological polar surface area (TPSA) is 139 Å². The van der Waals surface area contributed by atoms with Crippen LogP contribution in [0.1, 0.15) is 44.4 Å². The maximum atomic E-state index is 13.5. The van der Waals surface area contributed by atoms with E-state index in [0.717, 1.165) is 11.3 Å². The van der Waals surface area contributed by atoms with E-state index in [4.69, 9.17) is 5.73 Å². The van der Waals surface area contributed by atoms with Crippen LogP contribution in [0.15, 0.2) is 25.9 Å². The zero-order valence-electron chi connectivity index (χ0n) is 19.2. The first-order valence-electron chi connectivity index (χ1n) is 11.1. The highest BCUT2D eigenvalue weighted by molar-refractivity contribution is 7.91. The lowest BCUT2D eigenvalue weighted by Gasteiger charge is -2.34. The van der Waals surface area contributed by atoms with Gasteiger partial charge in [0.1, 0.15) is 10.0 Å². The lowest BCUT2D eigenvalue weighted by molar-refractivity contribution is -0.123. The fourth-order valence-corrected chi connectivity index (χ4v) is 7.02. The number of hydrogen-bond donors (Lipinski definition) is 2. The molecule has 0 aromatic carbocycles. The number of hydrogen-bond acceptors (Lipinski definition) is 7. The van der Waals surface area contributed by atoms with Gasteiger partial charge in [-0.3, -0.25) is 19.1 Å². The standard InChI is InChI=1S/C21H31N5O5S2/c1-4-6-12-26-18(22)17(19(27)23-21(26)29)25(5-2)20(28)15-8-7-11-24(13-15)33(30,31)16-10-9-14(3)32-16/h9-10,15H,4-8,11-13,22H2,1-3H3,(H,23,27,29). The number of rotatable bonds is 8. The largest absolute Gasteiger partial charge is 0.383 e. The number of H-pyrrole nitrogens is 1. The molecular weight excluding hydrogens is 466 g/mol. The Balaban J connectivity index is 1.91. The molecule has 2 aromatic heterocycles. The first-order valence-corrected chi connectivity index (χ1v) is 13.4. The minimum atomic E-state index is -3.70. The second-order valence-corrected chi connectivity index (χ2v) is 11.6. The van der Waals surface area contributed by atoms with Crippen LogP contribution in [0.2, 0.25) is 0 Å². The molecule has 1 saturated heterocycles. The molecule has 1 aliphatic rings.